The summed E-state index contributed by atoms with van der Waals surface area (Å²) in [5, 5.41) is 23.4. The molecule has 0 aromatic heterocycles. The van der Waals surface area contributed by atoms with Crippen molar-refractivity contribution in [1.82, 2.24) is 5.32 Å². The summed E-state index contributed by atoms with van der Waals surface area (Å²) >= 11 is 0. The molecule has 0 spiro atoms. The van der Waals surface area contributed by atoms with Crippen LogP contribution in [-0.2, 0) is 14.3 Å². The molecule has 0 aromatic rings. The van der Waals surface area contributed by atoms with Gasteiger partial charge in [0, 0.05) is 12.8 Å². The molecule has 456 valence electrons. The van der Waals surface area contributed by atoms with Gasteiger partial charge in [-0.25, -0.2) is 0 Å². The summed E-state index contributed by atoms with van der Waals surface area (Å²) in [6.45, 7) is 4.96. The van der Waals surface area contributed by atoms with Gasteiger partial charge in [-0.1, -0.05) is 346 Å². The molecule has 3 N–H and O–H groups in total. The van der Waals surface area contributed by atoms with Crippen molar-refractivity contribution in [1.29, 1.82) is 0 Å². The van der Waals surface area contributed by atoms with Crippen molar-refractivity contribution < 1.29 is 24.5 Å². The van der Waals surface area contributed by atoms with Crippen molar-refractivity contribution in [2.24, 2.45) is 0 Å². The summed E-state index contributed by atoms with van der Waals surface area (Å²) in [4.78, 5) is 24.6. The third kappa shape index (κ3) is 63.4. The molecule has 0 aliphatic rings. The summed E-state index contributed by atoms with van der Waals surface area (Å²) in [5.74, 6) is -0.0200. The molecule has 0 heterocycles. The molecule has 0 aromatic carbocycles. The molecule has 0 aliphatic carbocycles. The Bertz CT molecular complexity index is 1200. The first-order chi connectivity index (χ1) is 38.0. The number of aliphatic hydroxyl groups excluding tert-OH is 2. The van der Waals surface area contributed by atoms with Crippen molar-refractivity contribution in [3.05, 3.63) is 24.3 Å². The number of hydrogen-bond donors (Lipinski definition) is 3. The maximum Gasteiger partial charge on any atom is 0.305 e. The molecule has 0 rings (SSSR count). The number of allylic oxidation sites excluding steroid dienone is 4. The Labute approximate surface area is 481 Å². The molecule has 2 atom stereocenters. The van der Waals surface area contributed by atoms with Gasteiger partial charge in [-0.15, -0.1) is 0 Å². The Balaban J connectivity index is 3.35. The third-order valence-corrected chi connectivity index (χ3v) is 16.5. The molecule has 0 saturated carbocycles. The fourth-order valence-corrected chi connectivity index (χ4v) is 11.1. The summed E-state index contributed by atoms with van der Waals surface area (Å²) in [5.41, 5.74) is 0. The minimum Gasteiger partial charge on any atom is -0.466 e. The lowest BCUT2D eigenvalue weighted by molar-refractivity contribution is -0.143. The number of nitrogens with one attached hydrogen (secondary N) is 1. The van der Waals surface area contributed by atoms with Gasteiger partial charge in [-0.2, -0.15) is 0 Å². The van der Waals surface area contributed by atoms with Crippen molar-refractivity contribution >= 4 is 11.9 Å². The van der Waals surface area contributed by atoms with Crippen LogP contribution in [0, 0.1) is 0 Å². The number of unbranched alkanes of at least 4 members (excludes halogenated alkanes) is 51. The van der Waals surface area contributed by atoms with E-state index in [2.05, 4.69) is 43.5 Å². The van der Waals surface area contributed by atoms with Gasteiger partial charge in [0.2, 0.25) is 5.91 Å². The zero-order chi connectivity index (χ0) is 55.7. The van der Waals surface area contributed by atoms with Crippen LogP contribution in [0.1, 0.15) is 393 Å². The molecular weight excluding hydrogens is 947 g/mol. The minimum absolute atomic E-state index is 0.00946. The zero-order valence-electron chi connectivity index (χ0n) is 52.2. The van der Waals surface area contributed by atoms with E-state index in [1.165, 1.54) is 308 Å². The van der Waals surface area contributed by atoms with E-state index in [-0.39, 0.29) is 18.5 Å². The average molecular weight is 1080 g/mol. The number of amides is 1. The highest BCUT2D eigenvalue weighted by Crippen LogP contribution is 2.19. The van der Waals surface area contributed by atoms with Crippen LogP contribution in [0.15, 0.2) is 24.3 Å². The summed E-state index contributed by atoms with van der Waals surface area (Å²) in [7, 11) is 0. The Kier molecular flexibility index (Phi) is 65.4. The predicted octanol–water partition coefficient (Wildman–Crippen LogP) is 22.5. The van der Waals surface area contributed by atoms with E-state index in [0.717, 1.165) is 51.4 Å². The van der Waals surface area contributed by atoms with Crippen LogP contribution in [0.5, 0.6) is 0 Å². The molecular formula is C71H137NO5. The average Bonchev–Trinajstić information content (AvgIpc) is 3.43. The number of carbonyl (C=O) groups excluding carboxylic acids is 2. The van der Waals surface area contributed by atoms with Gasteiger partial charge < -0.3 is 20.3 Å². The molecule has 0 bridgehead atoms. The Hall–Kier alpha value is -1.66. The van der Waals surface area contributed by atoms with Gasteiger partial charge in [0.05, 0.1) is 25.4 Å². The highest BCUT2D eigenvalue weighted by Gasteiger charge is 2.20. The second-order valence-electron chi connectivity index (χ2n) is 24.2. The number of carbonyl (C=O) groups is 2. The van der Waals surface area contributed by atoms with Crippen molar-refractivity contribution in [3.63, 3.8) is 0 Å². The van der Waals surface area contributed by atoms with Crippen molar-refractivity contribution in [2.75, 3.05) is 13.2 Å². The lowest BCUT2D eigenvalue weighted by Gasteiger charge is -2.22. The fraction of sp³-hybridized carbons (Fsp3) is 0.915. The number of hydrogen-bond acceptors (Lipinski definition) is 5. The normalized spacial score (nSPS) is 12.6. The van der Waals surface area contributed by atoms with E-state index in [0.29, 0.717) is 25.9 Å². The largest absolute Gasteiger partial charge is 0.466 e. The van der Waals surface area contributed by atoms with Gasteiger partial charge in [0.15, 0.2) is 0 Å². The van der Waals surface area contributed by atoms with Gasteiger partial charge >= 0.3 is 5.97 Å². The Morgan fingerprint density at radius 1 is 0.364 bits per heavy atom. The first-order valence-corrected chi connectivity index (χ1v) is 35.1. The number of esters is 1. The van der Waals surface area contributed by atoms with E-state index in [4.69, 9.17) is 4.74 Å². The smallest absolute Gasteiger partial charge is 0.305 e. The van der Waals surface area contributed by atoms with Gasteiger partial charge in [-0.3, -0.25) is 9.59 Å². The van der Waals surface area contributed by atoms with E-state index in [1.807, 2.05) is 0 Å². The van der Waals surface area contributed by atoms with Crippen LogP contribution >= 0.6 is 0 Å². The first-order valence-electron chi connectivity index (χ1n) is 35.1. The molecule has 0 saturated heterocycles. The van der Waals surface area contributed by atoms with Crippen molar-refractivity contribution in [2.45, 2.75) is 405 Å². The number of rotatable bonds is 66. The molecule has 2 unspecified atom stereocenters. The van der Waals surface area contributed by atoms with Gasteiger partial charge in [0.1, 0.15) is 0 Å². The summed E-state index contributed by atoms with van der Waals surface area (Å²) in [6.07, 6.45) is 83.6. The van der Waals surface area contributed by atoms with Crippen LogP contribution in [0.3, 0.4) is 0 Å². The van der Waals surface area contributed by atoms with Gasteiger partial charge in [0.25, 0.3) is 0 Å². The lowest BCUT2D eigenvalue weighted by atomic mass is 10.0. The Morgan fingerprint density at radius 2 is 0.649 bits per heavy atom. The van der Waals surface area contributed by atoms with E-state index >= 15 is 0 Å². The molecule has 1 amide bonds. The maximum absolute atomic E-state index is 12.5. The fourth-order valence-electron chi connectivity index (χ4n) is 11.1. The van der Waals surface area contributed by atoms with Gasteiger partial charge in [-0.05, 0) is 57.8 Å². The van der Waals surface area contributed by atoms with E-state index in [1.54, 1.807) is 0 Å². The summed E-state index contributed by atoms with van der Waals surface area (Å²) < 4.78 is 5.50. The van der Waals surface area contributed by atoms with Crippen LogP contribution in [0.25, 0.3) is 0 Å². The topological polar surface area (TPSA) is 95.9 Å². The first kappa shape index (κ1) is 75.3. The van der Waals surface area contributed by atoms with E-state index in [9.17, 15) is 19.8 Å². The van der Waals surface area contributed by atoms with Crippen LogP contribution in [0.4, 0.5) is 0 Å². The number of ether oxygens (including phenoxy) is 1. The minimum atomic E-state index is -0.663. The van der Waals surface area contributed by atoms with Crippen LogP contribution < -0.4 is 5.32 Å². The van der Waals surface area contributed by atoms with Crippen molar-refractivity contribution in [3.8, 4) is 0 Å². The predicted molar refractivity (Wildman–Crippen MR) is 338 cm³/mol. The van der Waals surface area contributed by atoms with Crippen LogP contribution in [-0.4, -0.2) is 47.4 Å². The highest BCUT2D eigenvalue weighted by molar-refractivity contribution is 5.76. The second kappa shape index (κ2) is 66.8. The quantitative estimate of drug-likeness (QED) is 0.0320. The highest BCUT2D eigenvalue weighted by atomic mass is 16.5. The number of aliphatic hydroxyl groups is 2. The Morgan fingerprint density at radius 3 is 1.01 bits per heavy atom. The SMILES string of the molecule is CCCCC/C=C\C/C=C\CCCCCCCCCC(=O)OCCCCCCCCCCCCCCCCCCCCCCCCCCCC(=O)NC(CO)C(O)CCCCCCCCCCCCCCCCCCCC. The van der Waals surface area contributed by atoms with E-state index < -0.39 is 12.1 Å². The molecule has 0 fully saturated rings. The standard InChI is InChI=1S/C71H137NO5/c1-3-5-7-9-11-13-15-17-19-21-32-35-39-43-47-51-55-59-63-69(74)68(67-73)72-70(75)64-60-56-52-48-44-40-36-33-29-27-25-23-22-24-26-28-30-34-38-42-46-50-54-58-62-66-77-71(76)65-61-57-53-49-45-41-37-31-20-18-16-14-12-10-8-6-4-2/h12,14,18,20,68-69,73-74H,3-11,13,15-17,19,21-67H2,1-2H3,(H,72,75)/b14-12-,20-18-. The zero-order valence-corrected chi connectivity index (χ0v) is 52.2. The second-order valence-corrected chi connectivity index (χ2v) is 24.2. The summed E-state index contributed by atoms with van der Waals surface area (Å²) in [6, 6.07) is -0.540. The molecule has 6 heteroatoms. The monoisotopic (exact) mass is 1080 g/mol. The molecule has 0 aliphatic heterocycles. The maximum atomic E-state index is 12.5. The molecule has 6 nitrogen and oxygen atoms in total. The molecule has 0 radical (unpaired) electrons. The third-order valence-electron chi connectivity index (χ3n) is 16.5. The van der Waals surface area contributed by atoms with Crippen LogP contribution in [0.2, 0.25) is 0 Å². The lowest BCUT2D eigenvalue weighted by Crippen LogP contribution is -2.45. The molecule has 77 heavy (non-hydrogen) atoms.